The highest BCUT2D eigenvalue weighted by atomic mass is 32.2. The van der Waals surface area contributed by atoms with Gasteiger partial charge in [-0.3, -0.25) is 10.1 Å². The fourth-order valence-electron chi connectivity index (χ4n) is 2.48. The Kier molecular flexibility index (Phi) is 7.30. The zero-order chi connectivity index (χ0) is 20.7. The van der Waals surface area contributed by atoms with Gasteiger partial charge in [0.15, 0.2) is 5.75 Å². The molecule has 0 amide bonds. The molecule has 0 fully saturated rings. The third kappa shape index (κ3) is 5.17. The summed E-state index contributed by atoms with van der Waals surface area (Å²) in [6.45, 7) is 3.95. The summed E-state index contributed by atoms with van der Waals surface area (Å²) >= 11 is 0. The summed E-state index contributed by atoms with van der Waals surface area (Å²) in [4.78, 5) is 10.5. The second-order valence-electron chi connectivity index (χ2n) is 5.63. The summed E-state index contributed by atoms with van der Waals surface area (Å²) in [5.41, 5.74) is -0.449. The lowest BCUT2D eigenvalue weighted by Gasteiger charge is -2.18. The van der Waals surface area contributed by atoms with Gasteiger partial charge in [0.05, 0.1) is 9.82 Å². The lowest BCUT2D eigenvalue weighted by Crippen LogP contribution is -2.30. The SMILES string of the molecule is CCN(CC)S(=O)(=O)c1ccc(OCCOc2ccc(F)cc2)c([N+](=O)[O-])c1. The minimum atomic E-state index is -3.82. The molecule has 0 saturated heterocycles. The molecule has 0 saturated carbocycles. The number of hydrogen-bond donors (Lipinski definition) is 0. The van der Waals surface area contributed by atoms with Gasteiger partial charge in [0.2, 0.25) is 10.0 Å². The zero-order valence-corrected chi connectivity index (χ0v) is 16.3. The van der Waals surface area contributed by atoms with E-state index in [9.17, 15) is 22.9 Å². The summed E-state index contributed by atoms with van der Waals surface area (Å²) in [5, 5.41) is 11.3. The second-order valence-corrected chi connectivity index (χ2v) is 7.56. The Hall–Kier alpha value is -2.72. The highest BCUT2D eigenvalue weighted by Crippen LogP contribution is 2.31. The predicted octanol–water partition coefficient (Wildman–Crippen LogP) is 3.22. The number of nitrogens with zero attached hydrogens (tertiary/aromatic N) is 2. The van der Waals surface area contributed by atoms with Crippen molar-refractivity contribution < 1.29 is 27.2 Å². The maximum absolute atomic E-state index is 12.8. The van der Waals surface area contributed by atoms with Gasteiger partial charge in [-0.15, -0.1) is 0 Å². The monoisotopic (exact) mass is 412 g/mol. The summed E-state index contributed by atoms with van der Waals surface area (Å²) in [7, 11) is -3.82. The Labute approximate surface area is 162 Å². The van der Waals surface area contributed by atoms with E-state index in [0.29, 0.717) is 5.75 Å². The lowest BCUT2D eigenvalue weighted by molar-refractivity contribution is -0.386. The van der Waals surface area contributed by atoms with Gasteiger partial charge in [-0.25, -0.2) is 12.8 Å². The van der Waals surface area contributed by atoms with Crippen molar-refractivity contribution in [3.63, 3.8) is 0 Å². The second kappa shape index (κ2) is 9.47. The number of sulfonamides is 1. The Morgan fingerprint density at radius 1 is 1.04 bits per heavy atom. The van der Waals surface area contributed by atoms with Crippen LogP contribution in [0.5, 0.6) is 11.5 Å². The first-order valence-electron chi connectivity index (χ1n) is 8.59. The number of hydrogen-bond acceptors (Lipinski definition) is 6. The van der Waals surface area contributed by atoms with Gasteiger partial charge in [0, 0.05) is 19.2 Å². The third-order valence-electron chi connectivity index (χ3n) is 3.89. The van der Waals surface area contributed by atoms with Crippen molar-refractivity contribution in [3.05, 3.63) is 58.4 Å². The van der Waals surface area contributed by atoms with Crippen LogP contribution in [0, 0.1) is 15.9 Å². The van der Waals surface area contributed by atoms with E-state index in [1.54, 1.807) is 13.8 Å². The number of ether oxygens (including phenoxy) is 2. The topological polar surface area (TPSA) is 99.0 Å². The molecule has 0 heterocycles. The van der Waals surface area contributed by atoms with E-state index in [-0.39, 0.29) is 42.8 Å². The van der Waals surface area contributed by atoms with Crippen LogP contribution in [0.1, 0.15) is 13.8 Å². The van der Waals surface area contributed by atoms with Crippen LogP contribution in [0.3, 0.4) is 0 Å². The minimum absolute atomic E-state index is 0.0135. The maximum atomic E-state index is 12.8. The van der Waals surface area contributed by atoms with Crippen molar-refractivity contribution >= 4 is 15.7 Å². The van der Waals surface area contributed by atoms with E-state index in [4.69, 9.17) is 9.47 Å². The van der Waals surface area contributed by atoms with E-state index in [2.05, 4.69) is 0 Å². The van der Waals surface area contributed by atoms with Gasteiger partial charge >= 0.3 is 5.69 Å². The first-order valence-corrected chi connectivity index (χ1v) is 10.0. The lowest BCUT2D eigenvalue weighted by atomic mass is 10.3. The average Bonchev–Trinajstić information content (AvgIpc) is 2.67. The molecular weight excluding hydrogens is 391 g/mol. The van der Waals surface area contributed by atoms with Gasteiger partial charge < -0.3 is 9.47 Å². The molecule has 0 spiro atoms. The summed E-state index contributed by atoms with van der Waals surface area (Å²) < 4.78 is 49.9. The molecule has 0 unspecified atom stereocenters. The molecular formula is C18H21FN2O6S. The minimum Gasteiger partial charge on any atom is -0.490 e. The fourth-order valence-corrected chi connectivity index (χ4v) is 3.96. The normalized spacial score (nSPS) is 11.4. The maximum Gasteiger partial charge on any atom is 0.312 e. The first-order chi connectivity index (χ1) is 13.3. The molecule has 2 aromatic carbocycles. The smallest absolute Gasteiger partial charge is 0.312 e. The van der Waals surface area contributed by atoms with E-state index in [1.165, 1.54) is 40.7 Å². The molecule has 2 aromatic rings. The summed E-state index contributed by atoms with van der Waals surface area (Å²) in [6, 6.07) is 8.91. The van der Waals surface area contributed by atoms with Crippen LogP contribution < -0.4 is 9.47 Å². The number of benzene rings is 2. The molecule has 10 heteroatoms. The summed E-state index contributed by atoms with van der Waals surface area (Å²) in [6.07, 6.45) is 0. The van der Waals surface area contributed by atoms with Crippen molar-refractivity contribution in [1.82, 2.24) is 4.31 Å². The van der Waals surface area contributed by atoms with E-state index in [1.807, 2.05) is 0 Å². The van der Waals surface area contributed by atoms with Gasteiger partial charge in [0.1, 0.15) is 24.8 Å². The molecule has 152 valence electrons. The Morgan fingerprint density at radius 3 is 2.21 bits per heavy atom. The molecule has 0 N–H and O–H groups in total. The van der Waals surface area contributed by atoms with E-state index in [0.717, 1.165) is 6.07 Å². The van der Waals surface area contributed by atoms with Gasteiger partial charge in [0.25, 0.3) is 0 Å². The molecule has 28 heavy (non-hydrogen) atoms. The van der Waals surface area contributed by atoms with Gasteiger partial charge in [-0.05, 0) is 36.4 Å². The van der Waals surface area contributed by atoms with Crippen molar-refractivity contribution in [3.8, 4) is 11.5 Å². The number of halogens is 1. The largest absolute Gasteiger partial charge is 0.490 e. The van der Waals surface area contributed by atoms with Crippen LogP contribution in [0.25, 0.3) is 0 Å². The molecule has 8 nitrogen and oxygen atoms in total. The van der Waals surface area contributed by atoms with Crippen LogP contribution in [0.2, 0.25) is 0 Å². The van der Waals surface area contributed by atoms with E-state index < -0.39 is 20.6 Å². The van der Waals surface area contributed by atoms with Crippen molar-refractivity contribution in [1.29, 1.82) is 0 Å². The van der Waals surface area contributed by atoms with Crippen molar-refractivity contribution in [2.24, 2.45) is 0 Å². The highest BCUT2D eigenvalue weighted by molar-refractivity contribution is 7.89. The number of rotatable bonds is 10. The molecule has 2 rings (SSSR count). The van der Waals surface area contributed by atoms with Gasteiger partial charge in [-0.1, -0.05) is 13.8 Å². The molecule has 0 atom stereocenters. The molecule has 0 aliphatic heterocycles. The third-order valence-corrected chi connectivity index (χ3v) is 5.94. The first kappa shape index (κ1) is 21.6. The van der Waals surface area contributed by atoms with Crippen molar-refractivity contribution in [2.45, 2.75) is 18.7 Å². The molecule has 0 radical (unpaired) electrons. The van der Waals surface area contributed by atoms with Crippen LogP contribution in [-0.2, 0) is 10.0 Å². The predicted molar refractivity (Wildman–Crippen MR) is 101 cm³/mol. The molecule has 0 aliphatic rings. The fraction of sp³-hybridized carbons (Fsp3) is 0.333. The number of nitro benzene ring substituents is 1. The Bertz CT molecular complexity index is 914. The molecule has 0 aliphatic carbocycles. The standard InChI is InChI=1S/C18H21FN2O6S/c1-3-20(4-2)28(24,25)16-9-10-18(17(13-16)21(22)23)27-12-11-26-15-7-5-14(19)6-8-15/h5-10,13H,3-4,11-12H2,1-2H3. The highest BCUT2D eigenvalue weighted by Gasteiger charge is 2.26. The quantitative estimate of drug-likeness (QED) is 0.338. The average molecular weight is 412 g/mol. The van der Waals surface area contributed by atoms with Gasteiger partial charge in [-0.2, -0.15) is 4.31 Å². The van der Waals surface area contributed by atoms with E-state index >= 15 is 0 Å². The van der Waals surface area contributed by atoms with Crippen molar-refractivity contribution in [2.75, 3.05) is 26.3 Å². The Balaban J connectivity index is 2.10. The molecule has 0 bridgehead atoms. The van der Waals surface area contributed by atoms with Crippen LogP contribution >= 0.6 is 0 Å². The zero-order valence-electron chi connectivity index (χ0n) is 15.5. The number of nitro groups is 1. The van der Waals surface area contributed by atoms with Crippen LogP contribution in [-0.4, -0.2) is 43.9 Å². The van der Waals surface area contributed by atoms with Crippen LogP contribution in [0.15, 0.2) is 47.4 Å². The summed E-state index contributed by atoms with van der Waals surface area (Å²) in [5.74, 6) is -0.0228. The van der Waals surface area contributed by atoms with Crippen LogP contribution in [0.4, 0.5) is 10.1 Å². The Morgan fingerprint density at radius 2 is 1.64 bits per heavy atom. The molecule has 0 aromatic heterocycles.